The lowest BCUT2D eigenvalue weighted by atomic mass is 10.0. The number of hydrogen-bond donors (Lipinski definition) is 0. The second-order valence-electron chi connectivity index (χ2n) is 15.9. The van der Waals surface area contributed by atoms with Crippen LogP contribution >= 0.6 is 0 Å². The third kappa shape index (κ3) is 37.7. The molecule has 0 bridgehead atoms. The topological polar surface area (TPSA) is 78.9 Å². The van der Waals surface area contributed by atoms with Gasteiger partial charge in [0.1, 0.15) is 13.2 Å². The van der Waals surface area contributed by atoms with E-state index in [0.717, 1.165) is 76.0 Å². The lowest BCUT2D eigenvalue weighted by Gasteiger charge is -2.18. The number of esters is 3. The fourth-order valence-electron chi connectivity index (χ4n) is 6.40. The van der Waals surface area contributed by atoms with E-state index in [1.807, 2.05) is 0 Å². The summed E-state index contributed by atoms with van der Waals surface area (Å²) in [7, 11) is 0. The Morgan fingerprint density at radius 1 is 0.380 bits per heavy atom. The third-order valence-corrected chi connectivity index (χ3v) is 9.72. The van der Waals surface area contributed by atoms with Crippen LogP contribution in [0.4, 0.5) is 0 Å². The number of unbranched alkanes of at least 4 members (excludes halogenated alkanes) is 23. The van der Waals surface area contributed by atoms with E-state index in [1.165, 1.54) is 116 Å². The second kappa shape index (κ2) is 37.2. The standard InChI is InChI=1S/C44H84O6/c1-6-7-8-22-29-34-42(45)48-37-41(50-44(47)36-31-26-21-17-13-12-15-19-24-28-33-40(4)5)38-49-43(46)35-30-25-20-16-11-9-10-14-18-23-27-32-39(2)3/h39-41H,6-38H2,1-5H3/t41-/m0/s1. The monoisotopic (exact) mass is 709 g/mol. The Hall–Kier alpha value is -1.59. The molecule has 0 rings (SSSR count). The summed E-state index contributed by atoms with van der Waals surface area (Å²) >= 11 is 0. The minimum Gasteiger partial charge on any atom is -0.462 e. The Labute approximate surface area is 310 Å². The van der Waals surface area contributed by atoms with Crippen molar-refractivity contribution in [3.63, 3.8) is 0 Å². The number of carbonyl (C=O) groups excluding carboxylic acids is 3. The molecular weight excluding hydrogens is 624 g/mol. The van der Waals surface area contributed by atoms with Gasteiger partial charge in [0, 0.05) is 19.3 Å². The summed E-state index contributed by atoms with van der Waals surface area (Å²) in [6, 6.07) is 0. The summed E-state index contributed by atoms with van der Waals surface area (Å²) in [5, 5.41) is 0. The van der Waals surface area contributed by atoms with E-state index in [1.54, 1.807) is 0 Å². The zero-order chi connectivity index (χ0) is 36.9. The summed E-state index contributed by atoms with van der Waals surface area (Å²) in [4.78, 5) is 37.4. The summed E-state index contributed by atoms with van der Waals surface area (Å²) in [5.41, 5.74) is 0. The first-order valence-corrected chi connectivity index (χ1v) is 21.7. The zero-order valence-corrected chi connectivity index (χ0v) is 34.0. The van der Waals surface area contributed by atoms with Gasteiger partial charge in [-0.1, -0.05) is 195 Å². The molecule has 0 aromatic carbocycles. The molecule has 0 aromatic heterocycles. The first kappa shape index (κ1) is 48.4. The molecule has 0 fully saturated rings. The average Bonchev–Trinajstić information content (AvgIpc) is 3.08. The Kier molecular flexibility index (Phi) is 36.0. The molecule has 0 heterocycles. The van der Waals surface area contributed by atoms with Gasteiger partial charge in [-0.05, 0) is 31.1 Å². The average molecular weight is 709 g/mol. The largest absolute Gasteiger partial charge is 0.462 e. The molecule has 6 nitrogen and oxygen atoms in total. The van der Waals surface area contributed by atoms with Gasteiger partial charge < -0.3 is 14.2 Å². The number of ether oxygens (including phenoxy) is 3. The Balaban J connectivity index is 4.21. The molecule has 0 aromatic rings. The van der Waals surface area contributed by atoms with Gasteiger partial charge in [0.25, 0.3) is 0 Å². The highest BCUT2D eigenvalue weighted by Crippen LogP contribution is 2.16. The van der Waals surface area contributed by atoms with Crippen molar-refractivity contribution < 1.29 is 28.6 Å². The number of rotatable bonds is 38. The summed E-state index contributed by atoms with van der Waals surface area (Å²) < 4.78 is 16.6. The Morgan fingerprint density at radius 2 is 0.660 bits per heavy atom. The van der Waals surface area contributed by atoms with E-state index in [2.05, 4.69) is 34.6 Å². The third-order valence-electron chi connectivity index (χ3n) is 9.72. The van der Waals surface area contributed by atoms with Gasteiger partial charge in [-0.15, -0.1) is 0 Å². The van der Waals surface area contributed by atoms with E-state index >= 15 is 0 Å². The van der Waals surface area contributed by atoms with Crippen molar-refractivity contribution in [2.45, 2.75) is 240 Å². The zero-order valence-electron chi connectivity index (χ0n) is 34.0. The Morgan fingerprint density at radius 3 is 0.980 bits per heavy atom. The van der Waals surface area contributed by atoms with Gasteiger partial charge in [-0.3, -0.25) is 14.4 Å². The lowest BCUT2D eigenvalue weighted by molar-refractivity contribution is -0.167. The molecule has 0 aliphatic rings. The van der Waals surface area contributed by atoms with Crippen LogP contribution in [0.1, 0.15) is 234 Å². The van der Waals surface area contributed by atoms with Crippen LogP contribution in [-0.4, -0.2) is 37.2 Å². The van der Waals surface area contributed by atoms with Crippen molar-refractivity contribution in [3.8, 4) is 0 Å². The molecule has 0 saturated carbocycles. The minimum atomic E-state index is -0.758. The molecule has 0 saturated heterocycles. The molecule has 50 heavy (non-hydrogen) atoms. The van der Waals surface area contributed by atoms with E-state index in [9.17, 15) is 14.4 Å². The first-order chi connectivity index (χ1) is 24.2. The smallest absolute Gasteiger partial charge is 0.306 e. The van der Waals surface area contributed by atoms with Crippen LogP contribution in [0, 0.1) is 11.8 Å². The molecule has 0 spiro atoms. The van der Waals surface area contributed by atoms with Gasteiger partial charge >= 0.3 is 17.9 Å². The molecule has 0 N–H and O–H groups in total. The molecular formula is C44H84O6. The molecule has 0 aliphatic carbocycles. The maximum Gasteiger partial charge on any atom is 0.306 e. The SMILES string of the molecule is CCCCCCCC(=O)OC[C@@H](COC(=O)CCCCCCCCCCCCCC(C)C)OC(=O)CCCCCCCCCCCCC(C)C. The quantitative estimate of drug-likeness (QED) is 0.0361. The van der Waals surface area contributed by atoms with Gasteiger partial charge in [-0.2, -0.15) is 0 Å². The molecule has 296 valence electrons. The van der Waals surface area contributed by atoms with Gasteiger partial charge in [0.05, 0.1) is 0 Å². The maximum absolute atomic E-state index is 12.6. The highest BCUT2D eigenvalue weighted by Gasteiger charge is 2.19. The summed E-state index contributed by atoms with van der Waals surface area (Å²) in [6.07, 6.45) is 34.0. The van der Waals surface area contributed by atoms with Crippen LogP contribution in [0.5, 0.6) is 0 Å². The van der Waals surface area contributed by atoms with Crippen LogP contribution < -0.4 is 0 Å². The van der Waals surface area contributed by atoms with Crippen LogP contribution in [0.25, 0.3) is 0 Å². The highest BCUT2D eigenvalue weighted by atomic mass is 16.6. The molecule has 0 aliphatic heterocycles. The molecule has 0 unspecified atom stereocenters. The van der Waals surface area contributed by atoms with E-state index in [4.69, 9.17) is 14.2 Å². The van der Waals surface area contributed by atoms with E-state index in [0.29, 0.717) is 19.3 Å². The predicted octanol–water partition coefficient (Wildman–Crippen LogP) is 13.4. The van der Waals surface area contributed by atoms with Crippen LogP contribution in [0.3, 0.4) is 0 Å². The van der Waals surface area contributed by atoms with Crippen molar-refractivity contribution >= 4 is 17.9 Å². The van der Waals surface area contributed by atoms with Gasteiger partial charge in [-0.25, -0.2) is 0 Å². The van der Waals surface area contributed by atoms with Crippen molar-refractivity contribution in [3.05, 3.63) is 0 Å². The van der Waals surface area contributed by atoms with Crippen molar-refractivity contribution in [1.29, 1.82) is 0 Å². The van der Waals surface area contributed by atoms with E-state index in [-0.39, 0.29) is 31.1 Å². The lowest BCUT2D eigenvalue weighted by Crippen LogP contribution is -2.30. The van der Waals surface area contributed by atoms with Crippen molar-refractivity contribution in [2.75, 3.05) is 13.2 Å². The number of hydrogen-bond acceptors (Lipinski definition) is 6. The Bertz CT molecular complexity index is 764. The molecule has 0 amide bonds. The van der Waals surface area contributed by atoms with Crippen molar-refractivity contribution in [2.24, 2.45) is 11.8 Å². The molecule has 1 atom stereocenters. The normalized spacial score (nSPS) is 12.1. The van der Waals surface area contributed by atoms with Gasteiger partial charge in [0.15, 0.2) is 6.10 Å². The summed E-state index contributed by atoms with van der Waals surface area (Å²) in [5.74, 6) is 0.769. The van der Waals surface area contributed by atoms with Crippen LogP contribution in [-0.2, 0) is 28.6 Å². The van der Waals surface area contributed by atoms with E-state index < -0.39 is 6.10 Å². The first-order valence-electron chi connectivity index (χ1n) is 21.7. The molecule has 0 radical (unpaired) electrons. The molecule has 6 heteroatoms. The van der Waals surface area contributed by atoms with Gasteiger partial charge in [0.2, 0.25) is 0 Å². The summed E-state index contributed by atoms with van der Waals surface area (Å²) in [6.45, 7) is 11.2. The predicted molar refractivity (Wildman–Crippen MR) is 210 cm³/mol. The van der Waals surface area contributed by atoms with Crippen LogP contribution in [0.2, 0.25) is 0 Å². The van der Waals surface area contributed by atoms with Crippen LogP contribution in [0.15, 0.2) is 0 Å². The minimum absolute atomic E-state index is 0.0662. The fraction of sp³-hybridized carbons (Fsp3) is 0.932. The highest BCUT2D eigenvalue weighted by molar-refractivity contribution is 5.71. The fourth-order valence-corrected chi connectivity index (χ4v) is 6.40. The second-order valence-corrected chi connectivity index (χ2v) is 15.9. The maximum atomic E-state index is 12.6. The number of carbonyl (C=O) groups is 3. The van der Waals surface area contributed by atoms with Crippen molar-refractivity contribution in [1.82, 2.24) is 0 Å².